The van der Waals surface area contributed by atoms with Gasteiger partial charge in [-0.2, -0.15) is 0 Å². The van der Waals surface area contributed by atoms with E-state index in [-0.39, 0.29) is 11.9 Å². The number of piperidine rings is 1. The number of rotatable bonds is 1. The summed E-state index contributed by atoms with van der Waals surface area (Å²) in [6.45, 7) is 2.62. The Bertz CT molecular complexity index is 404. The number of hydrogen-bond donors (Lipinski definition) is 1. The van der Waals surface area contributed by atoms with Crippen molar-refractivity contribution >= 4 is 15.9 Å². The van der Waals surface area contributed by atoms with Crippen LogP contribution < -0.4 is 5.32 Å². The zero-order valence-electron chi connectivity index (χ0n) is 9.62. The fourth-order valence-electron chi connectivity index (χ4n) is 2.50. The third-order valence-electron chi connectivity index (χ3n) is 3.44. The van der Waals surface area contributed by atoms with Gasteiger partial charge in [0, 0.05) is 30.4 Å². The normalized spacial score (nSPS) is 27.5. The Morgan fingerprint density at radius 3 is 2.88 bits per heavy atom. The number of benzene rings is 1. The molecule has 17 heavy (non-hydrogen) atoms. The lowest BCUT2D eigenvalue weighted by molar-refractivity contribution is -0.183. The molecule has 2 aliphatic heterocycles. The van der Waals surface area contributed by atoms with Gasteiger partial charge in [0.15, 0.2) is 5.79 Å². The molecule has 2 fully saturated rings. The lowest BCUT2D eigenvalue weighted by Gasteiger charge is -2.32. The van der Waals surface area contributed by atoms with Crippen molar-refractivity contribution < 1.29 is 9.47 Å². The van der Waals surface area contributed by atoms with Crippen molar-refractivity contribution in [1.29, 1.82) is 0 Å². The molecule has 1 atom stereocenters. The van der Waals surface area contributed by atoms with E-state index in [0.717, 1.165) is 30.4 Å². The summed E-state index contributed by atoms with van der Waals surface area (Å²) in [5, 5.41) is 3.33. The van der Waals surface area contributed by atoms with Gasteiger partial charge in [-0.25, -0.2) is 0 Å². The lowest BCUT2D eigenvalue weighted by Crippen LogP contribution is -2.42. The molecule has 0 saturated carbocycles. The van der Waals surface area contributed by atoms with Crippen molar-refractivity contribution in [3.05, 3.63) is 34.3 Å². The van der Waals surface area contributed by atoms with Gasteiger partial charge in [0.05, 0.1) is 6.61 Å². The summed E-state index contributed by atoms with van der Waals surface area (Å²) in [5.74, 6) is -0.335. The summed E-state index contributed by atoms with van der Waals surface area (Å²) in [7, 11) is 0. The predicted octanol–water partition coefficient (Wildman–Crippen LogP) is 2.62. The van der Waals surface area contributed by atoms with Crippen LogP contribution in [0.25, 0.3) is 0 Å². The molecular weight excluding hydrogens is 282 g/mol. The van der Waals surface area contributed by atoms with Gasteiger partial charge in [-0.1, -0.05) is 28.1 Å². The minimum atomic E-state index is -0.335. The molecule has 1 aromatic rings. The Morgan fingerprint density at radius 1 is 1.29 bits per heavy atom. The molecule has 92 valence electrons. The molecule has 0 aliphatic carbocycles. The molecule has 4 heteroatoms. The first-order valence-corrected chi connectivity index (χ1v) is 6.85. The summed E-state index contributed by atoms with van der Waals surface area (Å²) in [4.78, 5) is 0. The fourth-order valence-corrected chi connectivity index (χ4v) is 2.91. The largest absolute Gasteiger partial charge is 0.347 e. The van der Waals surface area contributed by atoms with Crippen LogP contribution >= 0.6 is 15.9 Å². The van der Waals surface area contributed by atoms with Gasteiger partial charge in [0.2, 0.25) is 0 Å². The van der Waals surface area contributed by atoms with Crippen molar-refractivity contribution in [2.75, 3.05) is 19.7 Å². The van der Waals surface area contributed by atoms with Gasteiger partial charge < -0.3 is 14.8 Å². The Kier molecular flexibility index (Phi) is 3.21. The third kappa shape index (κ3) is 2.40. The van der Waals surface area contributed by atoms with Crippen LogP contribution in [0.15, 0.2) is 28.7 Å². The number of hydrogen-bond acceptors (Lipinski definition) is 3. The molecule has 1 spiro atoms. The average Bonchev–Trinajstić information content (AvgIpc) is 2.74. The summed E-state index contributed by atoms with van der Waals surface area (Å²) < 4.78 is 13.1. The summed E-state index contributed by atoms with van der Waals surface area (Å²) >= 11 is 3.49. The van der Waals surface area contributed by atoms with Crippen LogP contribution in [0.5, 0.6) is 0 Å². The standard InChI is InChI=1S/C13H16BrNO2/c14-11-3-1-2-10(8-11)12-9-16-13(17-12)4-6-15-7-5-13/h1-3,8,12,15H,4-7,9H2. The van der Waals surface area contributed by atoms with Crippen LogP contribution in [-0.4, -0.2) is 25.5 Å². The van der Waals surface area contributed by atoms with Crippen LogP contribution in [0.2, 0.25) is 0 Å². The highest BCUT2D eigenvalue weighted by atomic mass is 79.9. The van der Waals surface area contributed by atoms with E-state index in [0.29, 0.717) is 6.61 Å². The van der Waals surface area contributed by atoms with Crippen molar-refractivity contribution in [2.45, 2.75) is 24.7 Å². The maximum Gasteiger partial charge on any atom is 0.171 e. The molecular formula is C13H16BrNO2. The summed E-state index contributed by atoms with van der Waals surface area (Å²) in [6.07, 6.45) is 1.96. The van der Waals surface area contributed by atoms with Gasteiger partial charge in [-0.05, 0) is 17.7 Å². The average molecular weight is 298 g/mol. The van der Waals surface area contributed by atoms with E-state index in [1.807, 2.05) is 12.1 Å². The highest BCUT2D eigenvalue weighted by molar-refractivity contribution is 9.10. The maximum absolute atomic E-state index is 6.15. The topological polar surface area (TPSA) is 30.5 Å². The molecule has 2 saturated heterocycles. The molecule has 0 amide bonds. The first kappa shape index (κ1) is 11.7. The number of halogens is 1. The summed E-state index contributed by atoms with van der Waals surface area (Å²) in [5.41, 5.74) is 1.19. The predicted molar refractivity (Wildman–Crippen MR) is 68.8 cm³/mol. The lowest BCUT2D eigenvalue weighted by atomic mass is 10.1. The van der Waals surface area contributed by atoms with Crippen molar-refractivity contribution in [3.63, 3.8) is 0 Å². The van der Waals surface area contributed by atoms with Crippen LogP contribution in [-0.2, 0) is 9.47 Å². The van der Waals surface area contributed by atoms with Crippen LogP contribution in [0.3, 0.4) is 0 Å². The second-order valence-corrected chi connectivity index (χ2v) is 5.55. The van der Waals surface area contributed by atoms with E-state index < -0.39 is 0 Å². The first-order chi connectivity index (χ1) is 8.27. The Morgan fingerprint density at radius 2 is 2.12 bits per heavy atom. The molecule has 1 N–H and O–H groups in total. The maximum atomic E-state index is 6.15. The SMILES string of the molecule is Brc1cccc(C2COC3(CCNCC3)O2)c1. The van der Waals surface area contributed by atoms with E-state index in [2.05, 4.69) is 33.4 Å². The van der Waals surface area contributed by atoms with Crippen molar-refractivity contribution in [2.24, 2.45) is 0 Å². The van der Waals surface area contributed by atoms with E-state index in [9.17, 15) is 0 Å². The second-order valence-electron chi connectivity index (χ2n) is 4.63. The summed E-state index contributed by atoms with van der Waals surface area (Å²) in [6, 6.07) is 8.27. The minimum Gasteiger partial charge on any atom is -0.347 e. The molecule has 1 unspecified atom stereocenters. The smallest absolute Gasteiger partial charge is 0.171 e. The van der Waals surface area contributed by atoms with Crippen LogP contribution in [0, 0.1) is 0 Å². The highest BCUT2D eigenvalue weighted by Gasteiger charge is 2.42. The van der Waals surface area contributed by atoms with E-state index in [1.165, 1.54) is 5.56 Å². The fraction of sp³-hybridized carbons (Fsp3) is 0.538. The quantitative estimate of drug-likeness (QED) is 0.864. The van der Waals surface area contributed by atoms with E-state index in [1.54, 1.807) is 0 Å². The van der Waals surface area contributed by atoms with Gasteiger partial charge in [0.25, 0.3) is 0 Å². The van der Waals surface area contributed by atoms with Gasteiger partial charge >= 0.3 is 0 Å². The minimum absolute atomic E-state index is 0.0746. The molecule has 3 rings (SSSR count). The van der Waals surface area contributed by atoms with Crippen molar-refractivity contribution in [1.82, 2.24) is 5.32 Å². The van der Waals surface area contributed by atoms with Gasteiger partial charge in [0.1, 0.15) is 6.10 Å². The molecule has 0 aromatic heterocycles. The number of ether oxygens (including phenoxy) is 2. The zero-order valence-corrected chi connectivity index (χ0v) is 11.2. The molecule has 2 aliphatic rings. The monoisotopic (exact) mass is 297 g/mol. The van der Waals surface area contributed by atoms with E-state index in [4.69, 9.17) is 9.47 Å². The Balaban J connectivity index is 1.75. The van der Waals surface area contributed by atoms with Gasteiger partial charge in [-0.15, -0.1) is 0 Å². The Labute approximate surface area is 110 Å². The second kappa shape index (κ2) is 4.69. The number of nitrogens with one attached hydrogen (secondary N) is 1. The van der Waals surface area contributed by atoms with Crippen molar-refractivity contribution in [3.8, 4) is 0 Å². The van der Waals surface area contributed by atoms with Gasteiger partial charge in [-0.3, -0.25) is 0 Å². The molecule has 0 bridgehead atoms. The van der Waals surface area contributed by atoms with E-state index >= 15 is 0 Å². The molecule has 3 nitrogen and oxygen atoms in total. The zero-order chi connectivity index (χ0) is 11.7. The molecule has 0 radical (unpaired) electrons. The van der Waals surface area contributed by atoms with Crippen LogP contribution in [0.4, 0.5) is 0 Å². The molecule has 1 aromatic carbocycles. The first-order valence-electron chi connectivity index (χ1n) is 6.05. The Hall–Kier alpha value is -0.420. The highest BCUT2D eigenvalue weighted by Crippen LogP contribution is 2.39. The molecule has 2 heterocycles. The van der Waals surface area contributed by atoms with Crippen LogP contribution in [0.1, 0.15) is 24.5 Å². The third-order valence-corrected chi connectivity index (χ3v) is 3.93.